The first kappa shape index (κ1) is 27.4. The van der Waals surface area contributed by atoms with E-state index in [4.69, 9.17) is 9.47 Å². The predicted octanol–water partition coefficient (Wildman–Crippen LogP) is 6.91. The molecule has 2 aromatic rings. The maximum atomic E-state index is 12.6. The lowest BCUT2D eigenvalue weighted by Crippen LogP contribution is -2.30. The Labute approximate surface area is 220 Å². The quantitative estimate of drug-likeness (QED) is 0.125. The molecule has 0 unspecified atom stereocenters. The van der Waals surface area contributed by atoms with Crippen molar-refractivity contribution >= 4 is 59.0 Å². The predicted molar refractivity (Wildman–Crippen MR) is 148 cm³/mol. The molecule has 0 heterocycles. The Morgan fingerprint density at radius 3 is 1.32 bits per heavy atom. The SMILES string of the molecule is CSCCSc1ccc(OC(=O)C2CCC(C(=O)Oc3ccc(SCCSC)cc3)CC2)cc1. The van der Waals surface area contributed by atoms with Gasteiger partial charge in [-0.3, -0.25) is 9.59 Å². The number of benzene rings is 2. The summed E-state index contributed by atoms with van der Waals surface area (Å²) in [5.74, 6) is 4.77. The highest BCUT2D eigenvalue weighted by Gasteiger charge is 2.32. The second kappa shape index (κ2) is 15.0. The van der Waals surface area contributed by atoms with Crippen molar-refractivity contribution in [1.82, 2.24) is 0 Å². The van der Waals surface area contributed by atoms with Crippen LogP contribution in [-0.4, -0.2) is 47.5 Å². The van der Waals surface area contributed by atoms with Crippen LogP contribution in [0, 0.1) is 11.8 Å². The molecular formula is C26H32O4S4. The molecular weight excluding hydrogens is 505 g/mol. The number of thioether (sulfide) groups is 4. The lowest BCUT2D eigenvalue weighted by atomic mass is 9.82. The highest BCUT2D eigenvalue weighted by Crippen LogP contribution is 2.32. The molecule has 0 radical (unpaired) electrons. The molecule has 34 heavy (non-hydrogen) atoms. The summed E-state index contributed by atoms with van der Waals surface area (Å²) in [6.07, 6.45) is 6.79. The normalized spacial score (nSPS) is 17.8. The maximum Gasteiger partial charge on any atom is 0.314 e. The highest BCUT2D eigenvalue weighted by atomic mass is 32.2. The van der Waals surface area contributed by atoms with Gasteiger partial charge in [0.25, 0.3) is 0 Å². The minimum atomic E-state index is -0.204. The van der Waals surface area contributed by atoms with E-state index in [2.05, 4.69) is 12.5 Å². The van der Waals surface area contributed by atoms with Gasteiger partial charge in [0.05, 0.1) is 11.8 Å². The Morgan fingerprint density at radius 1 is 0.647 bits per heavy atom. The van der Waals surface area contributed by atoms with Crippen LogP contribution in [0.15, 0.2) is 58.3 Å². The fraction of sp³-hybridized carbons (Fsp3) is 0.462. The molecule has 0 spiro atoms. The molecule has 0 aromatic heterocycles. The Kier molecular flexibility index (Phi) is 12.1. The molecule has 1 aliphatic rings. The van der Waals surface area contributed by atoms with Gasteiger partial charge >= 0.3 is 11.9 Å². The van der Waals surface area contributed by atoms with Gasteiger partial charge in [0.15, 0.2) is 0 Å². The molecule has 0 atom stereocenters. The van der Waals surface area contributed by atoms with Gasteiger partial charge in [0, 0.05) is 32.8 Å². The standard InChI is InChI=1S/C26H32O4S4/c1-31-15-17-33-23-11-7-21(8-12-23)29-25(27)19-3-5-20(6-4-19)26(28)30-22-9-13-24(14-10-22)34-18-16-32-2/h7-14,19-20H,3-6,15-18H2,1-2H3. The van der Waals surface area contributed by atoms with E-state index in [0.29, 0.717) is 37.2 Å². The van der Waals surface area contributed by atoms with Crippen LogP contribution in [0.4, 0.5) is 0 Å². The van der Waals surface area contributed by atoms with E-state index in [9.17, 15) is 9.59 Å². The Balaban J connectivity index is 1.40. The first-order valence-corrected chi connectivity index (χ1v) is 16.2. The van der Waals surface area contributed by atoms with Crippen LogP contribution in [0.3, 0.4) is 0 Å². The molecule has 0 saturated heterocycles. The van der Waals surface area contributed by atoms with Gasteiger partial charge in [-0.05, 0) is 86.7 Å². The molecule has 0 aliphatic heterocycles. The van der Waals surface area contributed by atoms with Gasteiger partial charge in [-0.2, -0.15) is 23.5 Å². The van der Waals surface area contributed by atoms with Crippen molar-refractivity contribution < 1.29 is 19.1 Å². The van der Waals surface area contributed by atoms with Crippen LogP contribution in [0.25, 0.3) is 0 Å². The van der Waals surface area contributed by atoms with Crippen molar-refractivity contribution in [1.29, 1.82) is 0 Å². The van der Waals surface area contributed by atoms with Crippen LogP contribution in [0.5, 0.6) is 11.5 Å². The van der Waals surface area contributed by atoms with Crippen LogP contribution in [-0.2, 0) is 9.59 Å². The third kappa shape index (κ3) is 9.10. The summed E-state index contributed by atoms with van der Waals surface area (Å²) in [7, 11) is 0. The van der Waals surface area contributed by atoms with Crippen LogP contribution in [0.1, 0.15) is 25.7 Å². The number of rotatable bonds is 12. The smallest absolute Gasteiger partial charge is 0.314 e. The van der Waals surface area contributed by atoms with Crippen LogP contribution in [0.2, 0.25) is 0 Å². The summed E-state index contributed by atoms with van der Waals surface area (Å²) in [4.78, 5) is 27.6. The zero-order chi connectivity index (χ0) is 24.2. The monoisotopic (exact) mass is 536 g/mol. The average Bonchev–Trinajstić information content (AvgIpc) is 2.86. The minimum Gasteiger partial charge on any atom is -0.426 e. The van der Waals surface area contributed by atoms with Crippen molar-refractivity contribution in [2.45, 2.75) is 35.5 Å². The molecule has 0 N–H and O–H groups in total. The number of ether oxygens (including phenoxy) is 2. The summed E-state index contributed by atoms with van der Waals surface area (Å²) in [5, 5.41) is 0. The summed E-state index contributed by atoms with van der Waals surface area (Å²) in [6, 6.07) is 15.4. The van der Waals surface area contributed by atoms with Crippen molar-refractivity contribution in [2.75, 3.05) is 35.5 Å². The number of hydrogen-bond donors (Lipinski definition) is 0. The molecule has 0 amide bonds. The van der Waals surface area contributed by atoms with Gasteiger partial charge in [-0.25, -0.2) is 0 Å². The molecule has 184 valence electrons. The molecule has 2 aromatic carbocycles. The molecule has 1 saturated carbocycles. The van der Waals surface area contributed by atoms with Crippen molar-refractivity contribution in [2.24, 2.45) is 11.8 Å². The second-order valence-corrected chi connectivity index (χ2v) is 12.3. The minimum absolute atomic E-state index is 0.169. The molecule has 1 fully saturated rings. The Hall–Kier alpha value is -1.22. The maximum absolute atomic E-state index is 12.6. The summed E-state index contributed by atoms with van der Waals surface area (Å²) in [5.41, 5.74) is 0. The second-order valence-electron chi connectivity index (χ2n) is 8.02. The topological polar surface area (TPSA) is 52.6 Å². The summed E-state index contributed by atoms with van der Waals surface area (Å²) in [6.45, 7) is 0. The molecule has 4 nitrogen and oxygen atoms in total. The van der Waals surface area contributed by atoms with Gasteiger partial charge < -0.3 is 9.47 Å². The van der Waals surface area contributed by atoms with Gasteiger partial charge in [-0.1, -0.05) is 0 Å². The molecule has 8 heteroatoms. The summed E-state index contributed by atoms with van der Waals surface area (Å²) < 4.78 is 11.2. The van der Waals surface area contributed by atoms with Crippen LogP contribution < -0.4 is 9.47 Å². The molecule has 0 bridgehead atoms. The fourth-order valence-electron chi connectivity index (χ4n) is 3.66. The van der Waals surface area contributed by atoms with Crippen LogP contribution >= 0.6 is 47.0 Å². The summed E-state index contributed by atoms with van der Waals surface area (Å²) >= 11 is 7.27. The van der Waals surface area contributed by atoms with Gasteiger partial charge in [-0.15, -0.1) is 23.5 Å². The van der Waals surface area contributed by atoms with E-state index in [-0.39, 0.29) is 23.8 Å². The first-order valence-electron chi connectivity index (χ1n) is 11.5. The average molecular weight is 537 g/mol. The number of esters is 2. The highest BCUT2D eigenvalue weighted by molar-refractivity contribution is 8.03. The largest absolute Gasteiger partial charge is 0.426 e. The Bertz CT molecular complexity index is 819. The zero-order valence-electron chi connectivity index (χ0n) is 19.7. The van der Waals surface area contributed by atoms with Crippen molar-refractivity contribution in [3.05, 3.63) is 48.5 Å². The van der Waals surface area contributed by atoms with E-state index >= 15 is 0 Å². The number of carbonyl (C=O) groups is 2. The fourth-order valence-corrected chi connectivity index (χ4v) is 6.79. The van der Waals surface area contributed by atoms with E-state index < -0.39 is 0 Å². The number of carbonyl (C=O) groups excluding carboxylic acids is 2. The van der Waals surface area contributed by atoms with Crippen molar-refractivity contribution in [3.8, 4) is 11.5 Å². The van der Waals surface area contributed by atoms with E-state index in [1.54, 1.807) is 23.5 Å². The number of hydrogen-bond acceptors (Lipinski definition) is 8. The van der Waals surface area contributed by atoms with E-state index in [1.807, 2.05) is 72.1 Å². The molecule has 3 rings (SSSR count). The van der Waals surface area contributed by atoms with E-state index in [0.717, 1.165) is 23.0 Å². The third-order valence-corrected chi connectivity index (χ3v) is 9.36. The van der Waals surface area contributed by atoms with Gasteiger partial charge in [0.2, 0.25) is 0 Å². The first-order chi connectivity index (χ1) is 16.6. The Morgan fingerprint density at radius 2 is 1.00 bits per heavy atom. The third-order valence-electron chi connectivity index (χ3n) is 5.59. The van der Waals surface area contributed by atoms with Crippen molar-refractivity contribution in [3.63, 3.8) is 0 Å². The van der Waals surface area contributed by atoms with E-state index in [1.165, 1.54) is 9.79 Å². The lowest BCUT2D eigenvalue weighted by Gasteiger charge is -2.25. The van der Waals surface area contributed by atoms with Gasteiger partial charge in [0.1, 0.15) is 11.5 Å². The zero-order valence-corrected chi connectivity index (χ0v) is 23.0. The lowest BCUT2D eigenvalue weighted by molar-refractivity contribution is -0.145. The molecule has 1 aliphatic carbocycles.